The van der Waals surface area contributed by atoms with Crippen LogP contribution in [-0.4, -0.2) is 4.89 Å². The average molecular weight is 176 g/mol. The highest BCUT2D eigenvalue weighted by Gasteiger charge is 2.41. The maximum Gasteiger partial charge on any atom is 0.324 e. The van der Waals surface area contributed by atoms with Crippen molar-refractivity contribution >= 4 is 8.69 Å². The van der Waals surface area contributed by atoms with E-state index in [9.17, 15) is 0 Å². The predicted octanol–water partition coefficient (Wildman–Crippen LogP) is 2.87. The van der Waals surface area contributed by atoms with E-state index in [1.54, 1.807) is 0 Å². The van der Waals surface area contributed by atoms with Crippen LogP contribution in [0.4, 0.5) is 0 Å². The van der Waals surface area contributed by atoms with E-state index in [1.807, 2.05) is 0 Å². The molecule has 0 saturated heterocycles. The highest BCUT2D eigenvalue weighted by Crippen LogP contribution is 2.50. The van der Waals surface area contributed by atoms with Gasteiger partial charge in [-0.3, -0.25) is 0 Å². The van der Waals surface area contributed by atoms with Crippen molar-refractivity contribution in [1.29, 1.82) is 0 Å². The lowest BCUT2D eigenvalue weighted by molar-refractivity contribution is 0.00567. The van der Waals surface area contributed by atoms with Gasteiger partial charge in [-0.05, 0) is 23.7 Å². The molecule has 0 aromatic carbocycles. The summed E-state index contributed by atoms with van der Waals surface area (Å²) in [5, 5.41) is 0. The van der Waals surface area contributed by atoms with Crippen LogP contribution in [0.5, 0.6) is 0 Å². The monoisotopic (exact) mass is 176 g/mol. The van der Waals surface area contributed by atoms with Crippen LogP contribution < -0.4 is 0 Å². The first-order chi connectivity index (χ1) is 4.96. The van der Waals surface area contributed by atoms with Crippen LogP contribution >= 0.6 is 8.69 Å². The minimum absolute atomic E-state index is 0.639. The zero-order chi connectivity index (χ0) is 9.07. The summed E-state index contributed by atoms with van der Waals surface area (Å²) >= 11 is 0. The van der Waals surface area contributed by atoms with Gasteiger partial charge in [0.25, 0.3) is 0 Å². The quantitative estimate of drug-likeness (QED) is 0.576. The molecule has 0 spiro atoms. The van der Waals surface area contributed by atoms with Crippen molar-refractivity contribution in [2.75, 3.05) is 0 Å². The second-order valence-electron chi connectivity index (χ2n) is 3.94. The fraction of sp³-hybridized carbons (Fsp3) is 1.00. The van der Waals surface area contributed by atoms with Gasteiger partial charge in [-0.25, -0.2) is 4.57 Å². The Morgan fingerprint density at radius 3 is 1.64 bits per heavy atom. The van der Waals surface area contributed by atoms with Crippen molar-refractivity contribution in [1.82, 2.24) is 0 Å². The molecule has 2 atom stereocenters. The van der Waals surface area contributed by atoms with Gasteiger partial charge in [-0.2, -0.15) is 0 Å². The number of hydrogen-bond donors (Lipinski definition) is 1. The third-order valence-corrected chi connectivity index (χ3v) is 3.25. The van der Waals surface area contributed by atoms with Crippen LogP contribution in [0, 0.1) is 17.3 Å². The van der Waals surface area contributed by atoms with Gasteiger partial charge in [0.2, 0.25) is 0 Å². The summed E-state index contributed by atoms with van der Waals surface area (Å²) in [6.45, 7) is 9.43. The van der Waals surface area contributed by atoms with Gasteiger partial charge in [-0.1, -0.05) is 27.7 Å². The first-order valence-corrected chi connectivity index (χ1v) is 4.70. The Labute approximate surface area is 70.3 Å². The van der Waals surface area contributed by atoms with Gasteiger partial charge >= 0.3 is 8.69 Å². The van der Waals surface area contributed by atoms with E-state index in [0.29, 0.717) is 5.41 Å². The lowest BCUT2D eigenvalue weighted by atomic mass is 9.56. The van der Waals surface area contributed by atoms with Crippen molar-refractivity contribution < 1.29 is 9.46 Å². The second kappa shape index (κ2) is 4.18. The molecule has 1 saturated carbocycles. The average Bonchev–Trinajstić information content (AvgIpc) is 1.90. The summed E-state index contributed by atoms with van der Waals surface area (Å²) in [4.78, 5) is 6.99. The van der Waals surface area contributed by atoms with Crippen molar-refractivity contribution in [3.63, 3.8) is 0 Å². The van der Waals surface area contributed by atoms with E-state index < -0.39 is 8.69 Å². The molecule has 0 radical (unpaired) electrons. The first-order valence-electron chi connectivity index (χ1n) is 3.93. The number of rotatable bonds is 0. The van der Waals surface area contributed by atoms with Gasteiger partial charge in [0.15, 0.2) is 0 Å². The molecule has 0 aromatic heterocycles. The van der Waals surface area contributed by atoms with E-state index in [4.69, 9.17) is 9.46 Å². The highest BCUT2D eigenvalue weighted by atomic mass is 31.1. The van der Waals surface area contributed by atoms with Gasteiger partial charge in [-0.15, -0.1) is 0 Å². The second-order valence-corrected chi connectivity index (χ2v) is 4.10. The molecule has 0 bridgehead atoms. The molecule has 1 aliphatic carbocycles. The van der Waals surface area contributed by atoms with Crippen LogP contribution in [0.2, 0.25) is 0 Å². The minimum Gasteiger partial charge on any atom is -0.310 e. The Bertz CT molecular complexity index is 124. The van der Waals surface area contributed by atoms with E-state index in [-0.39, 0.29) is 0 Å². The third-order valence-electron chi connectivity index (χ3n) is 3.25. The van der Waals surface area contributed by atoms with Crippen LogP contribution in [0.3, 0.4) is 0 Å². The molecule has 1 fully saturated rings. The zero-order valence-corrected chi connectivity index (χ0v) is 8.56. The van der Waals surface area contributed by atoms with E-state index in [1.165, 1.54) is 6.42 Å². The Balaban J connectivity index is 0.000000292. The van der Waals surface area contributed by atoms with Gasteiger partial charge in [0.1, 0.15) is 0 Å². The molecular formula is C8H17O2P. The predicted molar refractivity (Wildman–Crippen MR) is 46.6 cm³/mol. The topological polar surface area (TPSA) is 37.3 Å². The molecule has 2 nitrogen and oxygen atoms in total. The Hall–Kier alpha value is 0.0600. The molecule has 2 unspecified atom stereocenters. The normalized spacial score (nSPS) is 33.5. The molecule has 3 heteroatoms. The van der Waals surface area contributed by atoms with E-state index >= 15 is 0 Å². The van der Waals surface area contributed by atoms with Gasteiger partial charge in [0.05, 0.1) is 0 Å². The fourth-order valence-corrected chi connectivity index (χ4v) is 1.46. The summed E-state index contributed by atoms with van der Waals surface area (Å²) in [5.41, 5.74) is 0.639. The SMILES string of the molecule is CC1CC(C)C1(C)C.O=PO. The van der Waals surface area contributed by atoms with Crippen molar-refractivity contribution in [2.24, 2.45) is 17.3 Å². The van der Waals surface area contributed by atoms with Crippen molar-refractivity contribution in [3.8, 4) is 0 Å². The Kier molecular flexibility index (Phi) is 4.20. The molecule has 0 amide bonds. The van der Waals surface area contributed by atoms with Crippen LogP contribution in [-0.2, 0) is 4.57 Å². The summed E-state index contributed by atoms with van der Waals surface area (Å²) in [5.74, 6) is 1.91. The van der Waals surface area contributed by atoms with Gasteiger partial charge in [0, 0.05) is 0 Å². The summed E-state index contributed by atoms with van der Waals surface area (Å²) in [6.07, 6.45) is 1.44. The maximum atomic E-state index is 8.46. The standard InChI is InChI=1S/C8H16.HO2P/c1-6-5-7(2)8(6,3)4;1-3-2/h6-7H,5H2,1-4H3;(H,1,2). The Morgan fingerprint density at radius 2 is 1.64 bits per heavy atom. The molecule has 0 aromatic rings. The molecule has 1 rings (SSSR count). The van der Waals surface area contributed by atoms with E-state index in [0.717, 1.165) is 11.8 Å². The summed E-state index contributed by atoms with van der Waals surface area (Å²) in [7, 11) is -0.833. The summed E-state index contributed by atoms with van der Waals surface area (Å²) in [6, 6.07) is 0. The van der Waals surface area contributed by atoms with Crippen LogP contribution in [0.25, 0.3) is 0 Å². The summed E-state index contributed by atoms with van der Waals surface area (Å²) < 4.78 is 8.46. The largest absolute Gasteiger partial charge is 0.324 e. The fourth-order valence-electron chi connectivity index (χ4n) is 1.46. The molecule has 11 heavy (non-hydrogen) atoms. The van der Waals surface area contributed by atoms with Gasteiger partial charge < -0.3 is 4.89 Å². The lowest BCUT2D eigenvalue weighted by Gasteiger charge is -2.49. The van der Waals surface area contributed by atoms with E-state index in [2.05, 4.69) is 27.7 Å². The first kappa shape index (κ1) is 11.1. The Morgan fingerprint density at radius 1 is 1.36 bits per heavy atom. The highest BCUT2D eigenvalue weighted by molar-refractivity contribution is 7.16. The smallest absolute Gasteiger partial charge is 0.310 e. The number of hydrogen-bond acceptors (Lipinski definition) is 1. The molecule has 1 aliphatic rings. The molecular weight excluding hydrogens is 159 g/mol. The molecule has 0 heterocycles. The minimum atomic E-state index is -0.833. The maximum absolute atomic E-state index is 8.46. The third kappa shape index (κ3) is 2.53. The molecule has 66 valence electrons. The lowest BCUT2D eigenvalue weighted by Crippen LogP contribution is -2.41. The van der Waals surface area contributed by atoms with Crippen molar-refractivity contribution in [2.45, 2.75) is 34.1 Å². The zero-order valence-electron chi connectivity index (χ0n) is 7.66. The van der Waals surface area contributed by atoms with Crippen LogP contribution in [0.15, 0.2) is 0 Å². The van der Waals surface area contributed by atoms with Crippen molar-refractivity contribution in [3.05, 3.63) is 0 Å². The van der Waals surface area contributed by atoms with Crippen LogP contribution in [0.1, 0.15) is 34.1 Å². The molecule has 0 aliphatic heterocycles. The molecule has 1 N–H and O–H groups in total.